The molecule has 1 aromatic rings. The van der Waals surface area contributed by atoms with Crippen LogP contribution in [0.2, 0.25) is 0 Å². The van der Waals surface area contributed by atoms with Gasteiger partial charge < -0.3 is 10.1 Å². The Morgan fingerprint density at radius 1 is 1.38 bits per heavy atom. The fourth-order valence-corrected chi connectivity index (χ4v) is 1.55. The summed E-state index contributed by atoms with van der Waals surface area (Å²) in [6.07, 6.45) is -4.33. The van der Waals surface area contributed by atoms with Crippen LogP contribution in [0.1, 0.15) is 5.56 Å². The maximum Gasteiger partial charge on any atom is 0.416 e. The van der Waals surface area contributed by atoms with Crippen molar-refractivity contribution in [2.45, 2.75) is 6.18 Å². The molecule has 0 aromatic heterocycles. The van der Waals surface area contributed by atoms with Crippen LogP contribution in [0.25, 0.3) is 0 Å². The number of hydrogen-bond acceptors (Lipinski definition) is 2. The Bertz CT molecular complexity index is 354. The van der Waals surface area contributed by atoms with Crippen molar-refractivity contribution in [3.63, 3.8) is 0 Å². The van der Waals surface area contributed by atoms with Gasteiger partial charge in [-0.15, -0.1) is 0 Å². The molecular weight excluding hydrogens is 287 g/mol. The maximum absolute atomic E-state index is 12.3. The highest BCUT2D eigenvalue weighted by Crippen LogP contribution is 2.34. The lowest BCUT2D eigenvalue weighted by molar-refractivity contribution is -0.137. The number of hydrogen-bond donors (Lipinski definition) is 1. The van der Waals surface area contributed by atoms with E-state index >= 15 is 0 Å². The van der Waals surface area contributed by atoms with E-state index in [-0.39, 0.29) is 0 Å². The van der Waals surface area contributed by atoms with Crippen LogP contribution in [0.3, 0.4) is 0 Å². The molecule has 90 valence electrons. The summed E-state index contributed by atoms with van der Waals surface area (Å²) in [6, 6.07) is 3.32. The van der Waals surface area contributed by atoms with E-state index in [1.807, 2.05) is 0 Å². The van der Waals surface area contributed by atoms with Crippen LogP contribution < -0.4 is 10.1 Å². The highest BCUT2D eigenvalue weighted by atomic mass is 79.9. The molecule has 0 atom stereocenters. The zero-order valence-corrected chi connectivity index (χ0v) is 10.2. The van der Waals surface area contributed by atoms with Crippen molar-refractivity contribution in [2.75, 3.05) is 20.2 Å². The first-order valence-electron chi connectivity index (χ1n) is 4.59. The second-order valence-corrected chi connectivity index (χ2v) is 3.95. The summed E-state index contributed by atoms with van der Waals surface area (Å²) in [5, 5.41) is 2.87. The second-order valence-electron chi connectivity index (χ2n) is 3.09. The molecule has 0 saturated heterocycles. The molecule has 0 radical (unpaired) electrons. The number of ether oxygens (including phenoxy) is 1. The first kappa shape index (κ1) is 13.3. The van der Waals surface area contributed by atoms with E-state index < -0.39 is 11.7 Å². The number of nitrogens with one attached hydrogen (secondary N) is 1. The lowest BCUT2D eigenvalue weighted by Gasteiger charge is -2.11. The van der Waals surface area contributed by atoms with E-state index in [0.717, 1.165) is 12.1 Å². The van der Waals surface area contributed by atoms with Crippen molar-refractivity contribution in [1.82, 2.24) is 5.32 Å². The number of benzene rings is 1. The van der Waals surface area contributed by atoms with Crippen molar-refractivity contribution in [2.24, 2.45) is 0 Å². The van der Waals surface area contributed by atoms with Gasteiger partial charge >= 0.3 is 6.18 Å². The van der Waals surface area contributed by atoms with E-state index in [2.05, 4.69) is 21.2 Å². The number of alkyl halides is 3. The lowest BCUT2D eigenvalue weighted by atomic mass is 10.2. The fraction of sp³-hybridized carbons (Fsp3) is 0.400. The molecule has 1 N–H and O–H groups in total. The van der Waals surface area contributed by atoms with Crippen LogP contribution in [0.4, 0.5) is 13.2 Å². The van der Waals surface area contributed by atoms with Gasteiger partial charge in [-0.2, -0.15) is 13.2 Å². The Morgan fingerprint density at radius 2 is 2.06 bits per heavy atom. The Morgan fingerprint density at radius 3 is 2.56 bits per heavy atom. The quantitative estimate of drug-likeness (QED) is 0.863. The predicted octanol–water partition coefficient (Wildman–Crippen LogP) is 3.07. The topological polar surface area (TPSA) is 21.3 Å². The molecule has 0 fully saturated rings. The molecule has 0 aliphatic carbocycles. The molecule has 1 aromatic carbocycles. The van der Waals surface area contributed by atoms with E-state index in [4.69, 9.17) is 4.74 Å². The van der Waals surface area contributed by atoms with Crippen LogP contribution >= 0.6 is 15.9 Å². The number of halogens is 4. The molecule has 0 saturated carbocycles. The average molecular weight is 298 g/mol. The predicted molar refractivity (Wildman–Crippen MR) is 58.6 cm³/mol. The molecular formula is C10H11BrF3NO. The first-order chi connectivity index (χ1) is 7.45. The van der Waals surface area contributed by atoms with E-state index in [9.17, 15) is 13.2 Å². The minimum absolute atomic E-state index is 0.304. The van der Waals surface area contributed by atoms with Gasteiger partial charge in [0.1, 0.15) is 12.4 Å². The van der Waals surface area contributed by atoms with Gasteiger partial charge in [-0.3, -0.25) is 0 Å². The average Bonchev–Trinajstić information content (AvgIpc) is 2.19. The molecule has 0 aliphatic rings. The summed E-state index contributed by atoms with van der Waals surface area (Å²) in [5.74, 6) is 0.406. The van der Waals surface area contributed by atoms with E-state index in [1.165, 1.54) is 6.07 Å². The van der Waals surface area contributed by atoms with E-state index in [0.29, 0.717) is 23.4 Å². The van der Waals surface area contributed by atoms with Crippen LogP contribution in [-0.2, 0) is 6.18 Å². The Kier molecular flexibility index (Phi) is 4.61. The van der Waals surface area contributed by atoms with Gasteiger partial charge in [0.15, 0.2) is 0 Å². The van der Waals surface area contributed by atoms with Crippen LogP contribution in [-0.4, -0.2) is 20.2 Å². The summed E-state index contributed by atoms with van der Waals surface area (Å²) in [7, 11) is 1.77. The minimum Gasteiger partial charge on any atom is -0.491 e. The van der Waals surface area contributed by atoms with Crippen molar-refractivity contribution < 1.29 is 17.9 Å². The van der Waals surface area contributed by atoms with Crippen LogP contribution in [0.5, 0.6) is 5.75 Å². The summed E-state index contributed by atoms with van der Waals surface area (Å²) >= 11 is 3.05. The zero-order chi connectivity index (χ0) is 12.2. The summed E-state index contributed by atoms with van der Waals surface area (Å²) in [4.78, 5) is 0. The first-order valence-corrected chi connectivity index (χ1v) is 5.38. The van der Waals surface area contributed by atoms with Gasteiger partial charge in [0.05, 0.1) is 10.0 Å². The molecule has 0 heterocycles. The zero-order valence-electron chi connectivity index (χ0n) is 8.57. The Balaban J connectivity index is 2.76. The molecule has 0 amide bonds. The van der Waals surface area contributed by atoms with Gasteiger partial charge in [-0.25, -0.2) is 0 Å². The number of rotatable bonds is 4. The van der Waals surface area contributed by atoms with Gasteiger partial charge in [0.25, 0.3) is 0 Å². The molecule has 2 nitrogen and oxygen atoms in total. The van der Waals surface area contributed by atoms with Gasteiger partial charge in [0, 0.05) is 6.54 Å². The molecule has 0 aliphatic heterocycles. The Hall–Kier alpha value is -0.750. The third-order valence-corrected chi connectivity index (χ3v) is 2.49. The molecule has 16 heavy (non-hydrogen) atoms. The second kappa shape index (κ2) is 5.54. The van der Waals surface area contributed by atoms with Gasteiger partial charge in [0.2, 0.25) is 0 Å². The van der Waals surface area contributed by atoms with Gasteiger partial charge in [-0.1, -0.05) is 0 Å². The summed E-state index contributed by atoms with van der Waals surface area (Å²) in [6.45, 7) is 1.04. The molecule has 0 unspecified atom stereocenters. The SMILES string of the molecule is CNCCOc1ccc(C(F)(F)F)cc1Br. The molecule has 1 rings (SSSR count). The van der Waals surface area contributed by atoms with Crippen LogP contribution in [0.15, 0.2) is 22.7 Å². The molecule has 6 heteroatoms. The van der Waals surface area contributed by atoms with E-state index in [1.54, 1.807) is 7.05 Å². The smallest absolute Gasteiger partial charge is 0.416 e. The van der Waals surface area contributed by atoms with Crippen molar-refractivity contribution >= 4 is 15.9 Å². The third kappa shape index (κ3) is 3.68. The van der Waals surface area contributed by atoms with Crippen LogP contribution in [0, 0.1) is 0 Å². The molecule has 0 spiro atoms. The lowest BCUT2D eigenvalue weighted by Crippen LogP contribution is -2.16. The highest BCUT2D eigenvalue weighted by Gasteiger charge is 2.30. The summed E-state index contributed by atoms with van der Waals surface area (Å²) in [5.41, 5.74) is -0.694. The third-order valence-electron chi connectivity index (χ3n) is 1.87. The maximum atomic E-state index is 12.3. The molecule has 0 bridgehead atoms. The number of likely N-dealkylation sites (N-methyl/N-ethyl adjacent to an activating group) is 1. The standard InChI is InChI=1S/C10H11BrF3NO/c1-15-4-5-16-9-3-2-7(6-8(9)11)10(12,13)14/h2-3,6,15H,4-5H2,1H3. The normalized spacial score (nSPS) is 11.6. The van der Waals surface area contributed by atoms with Crippen molar-refractivity contribution in [3.05, 3.63) is 28.2 Å². The van der Waals surface area contributed by atoms with Crippen molar-refractivity contribution in [1.29, 1.82) is 0 Å². The monoisotopic (exact) mass is 297 g/mol. The minimum atomic E-state index is -4.33. The highest BCUT2D eigenvalue weighted by molar-refractivity contribution is 9.10. The van der Waals surface area contributed by atoms with Crippen molar-refractivity contribution in [3.8, 4) is 5.75 Å². The van der Waals surface area contributed by atoms with Gasteiger partial charge in [-0.05, 0) is 41.2 Å². The largest absolute Gasteiger partial charge is 0.491 e. The Labute approximate surface area is 99.9 Å². The fourth-order valence-electron chi connectivity index (χ4n) is 1.06. The summed E-state index contributed by atoms with van der Waals surface area (Å²) < 4.78 is 42.6.